The number of ether oxygens (including phenoxy) is 1. The van der Waals surface area contributed by atoms with Gasteiger partial charge in [0.1, 0.15) is 0 Å². The maximum atomic E-state index is 8.91. The van der Waals surface area contributed by atoms with Crippen molar-refractivity contribution in [3.63, 3.8) is 0 Å². The molecule has 1 unspecified atom stereocenters. The summed E-state index contributed by atoms with van der Waals surface area (Å²) in [5.41, 5.74) is 2.20. The van der Waals surface area contributed by atoms with E-state index in [0.29, 0.717) is 6.61 Å². The van der Waals surface area contributed by atoms with Crippen LogP contribution in [0.3, 0.4) is 0 Å². The zero-order valence-corrected chi connectivity index (χ0v) is 11.8. The Morgan fingerprint density at radius 1 is 1.47 bits per heavy atom. The van der Waals surface area contributed by atoms with Gasteiger partial charge in [-0.15, -0.1) is 11.8 Å². The zero-order chi connectivity index (χ0) is 13.3. The summed E-state index contributed by atoms with van der Waals surface area (Å²) >= 11 is 1.72. The molecular weight excluding hydrogens is 260 g/mol. The third kappa shape index (κ3) is 2.26. The number of aliphatic hydroxyl groups excluding tert-OH is 1. The molecule has 1 aliphatic rings. The van der Waals surface area contributed by atoms with Gasteiger partial charge in [-0.3, -0.25) is 0 Å². The van der Waals surface area contributed by atoms with Crippen LogP contribution in [-0.2, 0) is 16.2 Å². The fraction of sp³-hybridized carbons (Fsp3) is 0.500. The lowest BCUT2D eigenvalue weighted by atomic mass is 10.3. The lowest BCUT2D eigenvalue weighted by Gasteiger charge is -2.33. The number of imidazole rings is 1. The van der Waals surface area contributed by atoms with E-state index in [2.05, 4.69) is 17.6 Å². The van der Waals surface area contributed by atoms with Gasteiger partial charge in [-0.2, -0.15) is 0 Å². The molecule has 5 heteroatoms. The maximum absolute atomic E-state index is 8.91. The Bertz CT molecular complexity index is 584. The number of thioether (sulfide) groups is 1. The lowest BCUT2D eigenvalue weighted by Crippen LogP contribution is -2.33. The molecule has 0 spiro atoms. The van der Waals surface area contributed by atoms with Crippen molar-refractivity contribution in [2.24, 2.45) is 0 Å². The monoisotopic (exact) mass is 278 g/mol. The van der Waals surface area contributed by atoms with Crippen molar-refractivity contribution in [2.45, 2.75) is 24.8 Å². The standard InChI is InChI=1S/C14H18N2O2S/c1-14(19-10-4-8-17)13-15-11-5-2-3-6-12(11)16(13)7-9-18-14/h2-3,5-6,17H,4,7-10H2,1H3. The van der Waals surface area contributed by atoms with E-state index in [4.69, 9.17) is 14.8 Å². The van der Waals surface area contributed by atoms with Gasteiger partial charge in [0, 0.05) is 13.2 Å². The van der Waals surface area contributed by atoms with E-state index in [0.717, 1.165) is 30.1 Å². The van der Waals surface area contributed by atoms with Gasteiger partial charge in [0.15, 0.2) is 10.8 Å². The largest absolute Gasteiger partial charge is 0.396 e. The Hall–Kier alpha value is -1.04. The molecule has 0 aliphatic carbocycles. The van der Waals surface area contributed by atoms with Gasteiger partial charge in [-0.05, 0) is 31.2 Å². The molecule has 102 valence electrons. The first kappa shape index (κ1) is 13.0. The first-order chi connectivity index (χ1) is 9.24. The second kappa shape index (κ2) is 5.15. The molecular formula is C14H18N2O2S. The molecule has 19 heavy (non-hydrogen) atoms. The fourth-order valence-electron chi connectivity index (χ4n) is 2.48. The molecule has 1 aromatic carbocycles. The quantitative estimate of drug-likeness (QED) is 0.872. The summed E-state index contributed by atoms with van der Waals surface area (Å²) in [5.74, 6) is 1.86. The minimum absolute atomic E-state index is 0.222. The number of aromatic nitrogens is 2. The Labute approximate surface area is 116 Å². The second-order valence-corrected chi connectivity index (χ2v) is 6.27. The molecule has 0 radical (unpaired) electrons. The molecule has 0 amide bonds. The Morgan fingerprint density at radius 2 is 2.32 bits per heavy atom. The first-order valence-corrected chi connectivity index (χ1v) is 7.58. The average Bonchev–Trinajstić information content (AvgIpc) is 2.80. The molecule has 3 rings (SSSR count). The van der Waals surface area contributed by atoms with Crippen LogP contribution in [0.1, 0.15) is 19.2 Å². The average molecular weight is 278 g/mol. The summed E-state index contributed by atoms with van der Waals surface area (Å²) in [5, 5.41) is 8.91. The summed E-state index contributed by atoms with van der Waals surface area (Å²) < 4.78 is 8.22. The van der Waals surface area contributed by atoms with Crippen molar-refractivity contribution < 1.29 is 9.84 Å². The van der Waals surface area contributed by atoms with Crippen LogP contribution in [0.4, 0.5) is 0 Å². The van der Waals surface area contributed by atoms with Gasteiger partial charge in [0.05, 0.1) is 17.6 Å². The van der Waals surface area contributed by atoms with Crippen molar-refractivity contribution in [3.8, 4) is 0 Å². The number of nitrogens with zero attached hydrogens (tertiary/aromatic N) is 2. The Balaban J connectivity index is 1.99. The summed E-state index contributed by atoms with van der Waals surface area (Å²) in [6, 6.07) is 8.21. The smallest absolute Gasteiger partial charge is 0.169 e. The summed E-state index contributed by atoms with van der Waals surface area (Å²) in [6.07, 6.45) is 0.782. The molecule has 0 saturated heterocycles. The van der Waals surface area contributed by atoms with Crippen LogP contribution in [-0.4, -0.2) is 33.6 Å². The molecule has 0 fully saturated rings. The minimum Gasteiger partial charge on any atom is -0.396 e. The number of aliphatic hydroxyl groups is 1. The molecule has 2 heterocycles. The molecule has 4 nitrogen and oxygen atoms in total. The third-order valence-electron chi connectivity index (χ3n) is 3.43. The minimum atomic E-state index is -0.410. The fourth-order valence-corrected chi connectivity index (χ4v) is 3.60. The van der Waals surface area contributed by atoms with Crippen molar-refractivity contribution >= 4 is 22.8 Å². The molecule has 2 aromatic rings. The van der Waals surface area contributed by atoms with E-state index < -0.39 is 4.93 Å². The highest BCUT2D eigenvalue weighted by Crippen LogP contribution is 2.40. The molecule has 0 saturated carbocycles. The molecule has 1 aliphatic heterocycles. The van der Waals surface area contributed by atoms with E-state index in [1.165, 1.54) is 5.52 Å². The van der Waals surface area contributed by atoms with Crippen molar-refractivity contribution in [3.05, 3.63) is 30.1 Å². The maximum Gasteiger partial charge on any atom is 0.169 e. The molecule has 1 atom stereocenters. The van der Waals surface area contributed by atoms with Gasteiger partial charge in [0.2, 0.25) is 0 Å². The second-order valence-electron chi connectivity index (χ2n) is 4.80. The highest BCUT2D eigenvalue weighted by molar-refractivity contribution is 8.00. The number of benzene rings is 1. The SMILES string of the molecule is CC1(SCCCO)OCCn2c1nc1ccccc12. The van der Waals surface area contributed by atoms with E-state index in [-0.39, 0.29) is 6.61 Å². The lowest BCUT2D eigenvalue weighted by molar-refractivity contribution is 0.00244. The predicted octanol–water partition coefficient (Wildman–Crippen LogP) is 2.35. The molecule has 1 aromatic heterocycles. The first-order valence-electron chi connectivity index (χ1n) is 6.59. The van der Waals surface area contributed by atoms with Crippen molar-refractivity contribution in [1.82, 2.24) is 9.55 Å². The highest BCUT2D eigenvalue weighted by atomic mass is 32.2. The van der Waals surface area contributed by atoms with Crippen molar-refractivity contribution in [1.29, 1.82) is 0 Å². The molecule has 0 bridgehead atoms. The number of rotatable bonds is 4. The van der Waals surface area contributed by atoms with Gasteiger partial charge in [0.25, 0.3) is 0 Å². The normalized spacial score (nSPS) is 22.6. The third-order valence-corrected chi connectivity index (χ3v) is 4.78. The van der Waals surface area contributed by atoms with Crippen LogP contribution in [0.25, 0.3) is 11.0 Å². The van der Waals surface area contributed by atoms with Crippen molar-refractivity contribution in [2.75, 3.05) is 19.0 Å². The summed E-state index contributed by atoms with van der Waals surface area (Å²) in [6.45, 7) is 3.85. The van der Waals surface area contributed by atoms with Gasteiger partial charge in [-0.1, -0.05) is 12.1 Å². The summed E-state index contributed by atoms with van der Waals surface area (Å²) in [7, 11) is 0. The topological polar surface area (TPSA) is 47.3 Å². The van der Waals surface area contributed by atoms with Crippen LogP contribution < -0.4 is 0 Å². The Morgan fingerprint density at radius 3 is 3.16 bits per heavy atom. The Kier molecular flexibility index (Phi) is 3.52. The van der Waals surface area contributed by atoms with Crippen LogP contribution in [0.5, 0.6) is 0 Å². The molecule has 1 N–H and O–H groups in total. The van der Waals surface area contributed by atoms with E-state index in [9.17, 15) is 0 Å². The highest BCUT2D eigenvalue weighted by Gasteiger charge is 2.36. The van der Waals surface area contributed by atoms with Crippen LogP contribution in [0.15, 0.2) is 24.3 Å². The number of fused-ring (bicyclic) bond motifs is 3. The summed E-state index contributed by atoms with van der Waals surface area (Å²) in [4.78, 5) is 4.33. The predicted molar refractivity (Wildman–Crippen MR) is 77.2 cm³/mol. The van der Waals surface area contributed by atoms with Crippen LogP contribution in [0, 0.1) is 0 Å². The number of hydrogen-bond acceptors (Lipinski definition) is 4. The van der Waals surface area contributed by atoms with E-state index in [1.54, 1.807) is 11.8 Å². The van der Waals surface area contributed by atoms with Crippen LogP contribution >= 0.6 is 11.8 Å². The zero-order valence-electron chi connectivity index (χ0n) is 11.0. The van der Waals surface area contributed by atoms with Gasteiger partial charge < -0.3 is 14.4 Å². The van der Waals surface area contributed by atoms with E-state index in [1.807, 2.05) is 18.2 Å². The number of hydrogen-bond donors (Lipinski definition) is 1. The van der Waals surface area contributed by atoms with Gasteiger partial charge >= 0.3 is 0 Å². The van der Waals surface area contributed by atoms with Crippen LogP contribution in [0.2, 0.25) is 0 Å². The van der Waals surface area contributed by atoms with E-state index >= 15 is 0 Å². The number of para-hydroxylation sites is 2. The van der Waals surface area contributed by atoms with Gasteiger partial charge in [-0.25, -0.2) is 4.98 Å².